The summed E-state index contributed by atoms with van der Waals surface area (Å²) in [5, 5.41) is 0. The number of aryl methyl sites for hydroxylation is 1. The van der Waals surface area contributed by atoms with Gasteiger partial charge in [-0.15, -0.1) is 0 Å². The van der Waals surface area contributed by atoms with Crippen LogP contribution in [0.3, 0.4) is 0 Å². The second-order valence-corrected chi connectivity index (χ2v) is 9.57. The van der Waals surface area contributed by atoms with Crippen LogP contribution in [0.4, 0.5) is 0 Å². The van der Waals surface area contributed by atoms with Crippen LogP contribution in [-0.4, -0.2) is 4.98 Å². The zero-order valence-electron chi connectivity index (χ0n) is 21.3. The Hall–Kier alpha value is -1.22. The third-order valence-corrected chi connectivity index (χ3v) is 6.67. The molecule has 0 radical (unpaired) electrons. The number of pyridine rings is 2. The summed E-state index contributed by atoms with van der Waals surface area (Å²) in [5.74, 6) is 0. The number of hydrogen-bond acceptors (Lipinski definition) is 1. The van der Waals surface area contributed by atoms with E-state index < -0.39 is 0 Å². The number of hydrogen-bond donors (Lipinski definition) is 0. The highest BCUT2D eigenvalue weighted by atomic mass is 79.9. The van der Waals surface area contributed by atoms with Gasteiger partial charge in [0.15, 0.2) is 12.4 Å². The van der Waals surface area contributed by atoms with E-state index in [-0.39, 0.29) is 17.0 Å². The molecular formula is C30H49BrN2. The Morgan fingerprint density at radius 3 is 1.30 bits per heavy atom. The normalized spacial score (nSPS) is 10.8. The topological polar surface area (TPSA) is 16.8 Å². The minimum absolute atomic E-state index is 0. The molecule has 0 unspecified atom stereocenters. The van der Waals surface area contributed by atoms with E-state index in [1.165, 1.54) is 127 Å². The largest absolute Gasteiger partial charge is 1.00 e. The van der Waals surface area contributed by atoms with Gasteiger partial charge in [0.2, 0.25) is 0 Å². The average molecular weight is 518 g/mol. The molecule has 0 atom stereocenters. The lowest BCUT2D eigenvalue weighted by molar-refractivity contribution is -0.697. The summed E-state index contributed by atoms with van der Waals surface area (Å²) >= 11 is 0. The monoisotopic (exact) mass is 516 g/mol. The van der Waals surface area contributed by atoms with Crippen LogP contribution in [0.25, 0.3) is 11.1 Å². The Morgan fingerprint density at radius 1 is 0.515 bits per heavy atom. The Bertz CT molecular complexity index is 657. The van der Waals surface area contributed by atoms with Gasteiger partial charge in [0, 0.05) is 30.9 Å². The highest BCUT2D eigenvalue weighted by Gasteiger charge is 2.03. The van der Waals surface area contributed by atoms with Crippen molar-refractivity contribution in [2.24, 2.45) is 0 Å². The Morgan fingerprint density at radius 2 is 0.879 bits per heavy atom. The van der Waals surface area contributed by atoms with Crippen LogP contribution in [-0.2, 0) is 6.54 Å². The molecule has 33 heavy (non-hydrogen) atoms. The van der Waals surface area contributed by atoms with Crippen molar-refractivity contribution in [2.75, 3.05) is 0 Å². The van der Waals surface area contributed by atoms with Crippen LogP contribution < -0.4 is 21.5 Å². The maximum Gasteiger partial charge on any atom is 0.169 e. The molecule has 2 rings (SSSR count). The van der Waals surface area contributed by atoms with Crippen molar-refractivity contribution in [3.63, 3.8) is 0 Å². The van der Waals surface area contributed by atoms with Crippen LogP contribution in [0.5, 0.6) is 0 Å². The van der Waals surface area contributed by atoms with E-state index in [4.69, 9.17) is 0 Å². The molecule has 2 nitrogen and oxygen atoms in total. The molecule has 0 aliphatic carbocycles. The summed E-state index contributed by atoms with van der Waals surface area (Å²) in [6.45, 7) is 3.43. The summed E-state index contributed by atoms with van der Waals surface area (Å²) in [6.07, 6.45) is 33.9. The smallest absolute Gasteiger partial charge is 0.169 e. The van der Waals surface area contributed by atoms with Gasteiger partial charge in [-0.3, -0.25) is 4.98 Å². The molecule has 0 amide bonds. The van der Waals surface area contributed by atoms with Crippen molar-refractivity contribution in [1.29, 1.82) is 0 Å². The zero-order valence-corrected chi connectivity index (χ0v) is 22.9. The Labute approximate surface area is 215 Å². The van der Waals surface area contributed by atoms with Gasteiger partial charge in [-0.25, -0.2) is 4.57 Å². The summed E-state index contributed by atoms with van der Waals surface area (Å²) in [4.78, 5) is 4.09. The van der Waals surface area contributed by atoms with Crippen LogP contribution in [0.1, 0.15) is 122 Å². The summed E-state index contributed by atoms with van der Waals surface area (Å²) in [6, 6.07) is 8.56. The van der Waals surface area contributed by atoms with Gasteiger partial charge in [-0.05, 0) is 29.7 Å². The van der Waals surface area contributed by atoms with E-state index in [9.17, 15) is 0 Å². The minimum Gasteiger partial charge on any atom is -1.00 e. The van der Waals surface area contributed by atoms with Gasteiger partial charge in [-0.2, -0.15) is 0 Å². The fourth-order valence-corrected chi connectivity index (χ4v) is 4.54. The highest BCUT2D eigenvalue weighted by Crippen LogP contribution is 2.16. The lowest BCUT2D eigenvalue weighted by Crippen LogP contribution is -3.00. The average Bonchev–Trinajstić information content (AvgIpc) is 2.84. The molecule has 0 aliphatic heterocycles. The highest BCUT2D eigenvalue weighted by molar-refractivity contribution is 5.61. The van der Waals surface area contributed by atoms with E-state index >= 15 is 0 Å². The van der Waals surface area contributed by atoms with Crippen molar-refractivity contribution >= 4 is 0 Å². The second-order valence-electron chi connectivity index (χ2n) is 9.57. The maximum absolute atomic E-state index is 4.09. The number of unbranched alkanes of at least 4 members (excludes halogenated alkanes) is 17. The number of nitrogens with zero attached hydrogens (tertiary/aromatic N) is 2. The van der Waals surface area contributed by atoms with Gasteiger partial charge >= 0.3 is 0 Å². The Balaban J connectivity index is 0.00000544. The van der Waals surface area contributed by atoms with E-state index in [1.54, 1.807) is 0 Å². The number of halogens is 1. The third kappa shape index (κ3) is 15.3. The molecule has 2 aromatic rings. The molecule has 0 saturated carbocycles. The fourth-order valence-electron chi connectivity index (χ4n) is 4.54. The van der Waals surface area contributed by atoms with Crippen molar-refractivity contribution in [1.82, 2.24) is 4.98 Å². The van der Waals surface area contributed by atoms with Gasteiger partial charge in [0.25, 0.3) is 0 Å². The molecular weight excluding hydrogens is 468 g/mol. The first-order valence-electron chi connectivity index (χ1n) is 13.8. The molecule has 0 bridgehead atoms. The number of rotatable bonds is 20. The first kappa shape index (κ1) is 29.8. The van der Waals surface area contributed by atoms with E-state index in [0.29, 0.717) is 0 Å². The first-order valence-corrected chi connectivity index (χ1v) is 13.8. The molecule has 0 N–H and O–H groups in total. The molecule has 2 heterocycles. The Kier molecular flexibility index (Phi) is 19.3. The van der Waals surface area contributed by atoms with Crippen molar-refractivity contribution in [2.45, 2.75) is 129 Å². The molecule has 0 aromatic carbocycles. The minimum atomic E-state index is 0. The van der Waals surface area contributed by atoms with Crippen LogP contribution in [0.15, 0.2) is 49.1 Å². The number of aromatic nitrogens is 2. The van der Waals surface area contributed by atoms with Gasteiger partial charge < -0.3 is 17.0 Å². The van der Waals surface area contributed by atoms with Crippen LogP contribution >= 0.6 is 0 Å². The summed E-state index contributed by atoms with van der Waals surface area (Å²) < 4.78 is 2.32. The van der Waals surface area contributed by atoms with Crippen molar-refractivity contribution in [3.05, 3.63) is 49.1 Å². The van der Waals surface area contributed by atoms with E-state index in [0.717, 1.165) is 6.54 Å². The van der Waals surface area contributed by atoms with Gasteiger partial charge in [0.05, 0.1) is 0 Å². The third-order valence-electron chi connectivity index (χ3n) is 6.67. The predicted molar refractivity (Wildman–Crippen MR) is 139 cm³/mol. The van der Waals surface area contributed by atoms with E-state index in [1.807, 2.05) is 12.4 Å². The van der Waals surface area contributed by atoms with E-state index in [2.05, 4.69) is 53.1 Å². The predicted octanol–water partition coefficient (Wildman–Crippen LogP) is 6.08. The molecule has 0 fully saturated rings. The standard InChI is InChI=1S/C30H49N2.BrH/c1-2-3-4-5-6-7-8-9-10-11-12-13-14-15-16-17-18-19-26-32-27-22-30(23-28-32)29-20-24-31-25-21-29;/h20-25,27-28H,2-19,26H2,1H3;1H/q+1;/p-1. The SMILES string of the molecule is CCCCCCCCCCCCCCCCCCCC[n+]1ccc(-c2ccncc2)cc1.[Br-]. The molecule has 0 spiro atoms. The van der Waals surface area contributed by atoms with Crippen molar-refractivity contribution < 1.29 is 21.5 Å². The quantitative estimate of drug-likeness (QED) is 0.154. The van der Waals surface area contributed by atoms with Crippen molar-refractivity contribution in [3.8, 4) is 11.1 Å². The van der Waals surface area contributed by atoms with Crippen LogP contribution in [0.2, 0.25) is 0 Å². The second kappa shape index (κ2) is 21.3. The zero-order chi connectivity index (χ0) is 22.5. The summed E-state index contributed by atoms with van der Waals surface area (Å²) in [5.41, 5.74) is 2.50. The lowest BCUT2D eigenvalue weighted by Gasteiger charge is -2.04. The molecule has 0 saturated heterocycles. The maximum atomic E-state index is 4.09. The van der Waals surface area contributed by atoms with Gasteiger partial charge in [-0.1, -0.05) is 110 Å². The lowest BCUT2D eigenvalue weighted by atomic mass is 10.0. The molecule has 186 valence electrons. The molecule has 0 aliphatic rings. The molecule has 2 aromatic heterocycles. The first-order chi connectivity index (χ1) is 15.9. The fraction of sp³-hybridized carbons (Fsp3) is 0.667. The van der Waals surface area contributed by atoms with Gasteiger partial charge in [0.1, 0.15) is 6.54 Å². The van der Waals surface area contributed by atoms with Crippen LogP contribution in [0, 0.1) is 0 Å². The molecule has 3 heteroatoms. The summed E-state index contributed by atoms with van der Waals surface area (Å²) in [7, 11) is 0.